The average molecular weight is 263 g/mol. The molecule has 0 saturated carbocycles. The van der Waals surface area contributed by atoms with Gasteiger partial charge in [0.1, 0.15) is 11.9 Å². The largest absolute Gasteiger partial charge is 0.477 e. The summed E-state index contributed by atoms with van der Waals surface area (Å²) in [5.74, 6) is -0.478. The van der Waals surface area contributed by atoms with Gasteiger partial charge in [-0.15, -0.1) is 0 Å². The molecule has 0 aliphatic carbocycles. The first-order chi connectivity index (χ1) is 9.00. The highest BCUT2D eigenvalue weighted by Crippen LogP contribution is 2.25. The number of aromatic nitrogens is 1. The van der Waals surface area contributed by atoms with E-state index in [2.05, 4.69) is 4.98 Å². The van der Waals surface area contributed by atoms with Gasteiger partial charge >= 0.3 is 5.97 Å². The van der Waals surface area contributed by atoms with Crippen molar-refractivity contribution in [1.29, 1.82) is 0 Å². The molecule has 1 saturated heterocycles. The molecule has 0 unspecified atom stereocenters. The Balaban J connectivity index is 2.27. The minimum atomic E-state index is -1.06. The molecule has 1 fully saturated rings. The van der Waals surface area contributed by atoms with Crippen molar-refractivity contribution in [1.82, 2.24) is 9.88 Å². The third-order valence-electron chi connectivity index (χ3n) is 3.23. The van der Waals surface area contributed by atoms with E-state index >= 15 is 0 Å². The van der Waals surface area contributed by atoms with Crippen molar-refractivity contribution in [2.24, 2.45) is 0 Å². The van der Waals surface area contributed by atoms with Gasteiger partial charge in [0.05, 0.1) is 0 Å². The van der Waals surface area contributed by atoms with E-state index in [1.807, 2.05) is 4.90 Å². The van der Waals surface area contributed by atoms with Crippen LogP contribution < -0.4 is 4.90 Å². The van der Waals surface area contributed by atoms with Crippen molar-refractivity contribution in [2.75, 3.05) is 25.5 Å². The fourth-order valence-corrected chi connectivity index (χ4v) is 2.30. The number of amides is 1. The first-order valence-electron chi connectivity index (χ1n) is 6.19. The van der Waals surface area contributed by atoms with E-state index in [0.29, 0.717) is 5.82 Å². The highest BCUT2D eigenvalue weighted by Gasteiger charge is 2.32. The number of hydrogen-bond donors (Lipinski definition) is 1. The predicted molar refractivity (Wildman–Crippen MR) is 70.3 cm³/mol. The lowest BCUT2D eigenvalue weighted by Crippen LogP contribution is -2.43. The maximum atomic E-state index is 12.1. The summed E-state index contributed by atoms with van der Waals surface area (Å²) in [6.45, 7) is 0.723. The molecule has 1 atom stereocenters. The number of pyridine rings is 1. The number of rotatable bonds is 3. The molecular formula is C13H17N3O3. The second kappa shape index (κ2) is 5.26. The van der Waals surface area contributed by atoms with Crippen molar-refractivity contribution in [3.8, 4) is 0 Å². The van der Waals surface area contributed by atoms with E-state index in [4.69, 9.17) is 5.11 Å². The van der Waals surface area contributed by atoms with Crippen LogP contribution in [0.5, 0.6) is 0 Å². The maximum absolute atomic E-state index is 12.1. The smallest absolute Gasteiger partial charge is 0.354 e. The van der Waals surface area contributed by atoms with Crippen LogP contribution in [-0.4, -0.2) is 53.5 Å². The van der Waals surface area contributed by atoms with E-state index in [9.17, 15) is 9.59 Å². The van der Waals surface area contributed by atoms with Crippen LogP contribution in [-0.2, 0) is 4.79 Å². The summed E-state index contributed by atoms with van der Waals surface area (Å²) < 4.78 is 0. The lowest BCUT2D eigenvalue weighted by atomic mass is 10.2. The SMILES string of the molecule is CN(C)C(=O)[C@@H]1CCCN1c1cccc(C(=O)O)n1. The van der Waals surface area contributed by atoms with Crippen LogP contribution >= 0.6 is 0 Å². The number of carboxylic acids is 1. The van der Waals surface area contributed by atoms with Crippen molar-refractivity contribution >= 4 is 17.7 Å². The maximum Gasteiger partial charge on any atom is 0.354 e. The summed E-state index contributed by atoms with van der Waals surface area (Å²) in [4.78, 5) is 30.6. The third-order valence-corrected chi connectivity index (χ3v) is 3.23. The molecule has 1 aromatic heterocycles. The first kappa shape index (κ1) is 13.3. The van der Waals surface area contributed by atoms with Gasteiger partial charge in [0.25, 0.3) is 0 Å². The second-order valence-electron chi connectivity index (χ2n) is 4.77. The Kier molecular flexibility index (Phi) is 3.69. The molecule has 0 radical (unpaired) electrons. The fourth-order valence-electron chi connectivity index (χ4n) is 2.30. The second-order valence-corrected chi connectivity index (χ2v) is 4.77. The van der Waals surface area contributed by atoms with Crippen LogP contribution in [0.4, 0.5) is 5.82 Å². The summed E-state index contributed by atoms with van der Waals surface area (Å²) >= 11 is 0. The Morgan fingerprint density at radius 2 is 2.16 bits per heavy atom. The highest BCUT2D eigenvalue weighted by atomic mass is 16.4. The van der Waals surface area contributed by atoms with Gasteiger partial charge < -0.3 is 14.9 Å². The monoisotopic (exact) mass is 263 g/mol. The van der Waals surface area contributed by atoms with Crippen LogP contribution in [0.3, 0.4) is 0 Å². The summed E-state index contributed by atoms with van der Waals surface area (Å²) in [6.07, 6.45) is 1.68. The van der Waals surface area contributed by atoms with Gasteiger partial charge in [0.2, 0.25) is 5.91 Å². The van der Waals surface area contributed by atoms with Gasteiger partial charge in [-0.25, -0.2) is 9.78 Å². The summed E-state index contributed by atoms with van der Waals surface area (Å²) in [5, 5.41) is 8.96. The zero-order valence-electron chi connectivity index (χ0n) is 11.0. The van der Waals surface area contributed by atoms with Crippen LogP contribution in [0, 0.1) is 0 Å². The van der Waals surface area contributed by atoms with Crippen LogP contribution in [0.1, 0.15) is 23.3 Å². The number of carbonyl (C=O) groups is 2. The molecule has 6 heteroatoms. The number of anilines is 1. The zero-order chi connectivity index (χ0) is 14.0. The van der Waals surface area contributed by atoms with Gasteiger partial charge in [-0.05, 0) is 25.0 Å². The van der Waals surface area contributed by atoms with Gasteiger partial charge in [-0.1, -0.05) is 6.07 Å². The molecule has 1 N–H and O–H groups in total. The standard InChI is InChI=1S/C13H17N3O3/c1-15(2)12(17)10-6-4-8-16(10)11-7-3-5-9(14-11)13(18)19/h3,5,7,10H,4,6,8H2,1-2H3,(H,18,19)/t10-/m0/s1. The molecule has 0 aromatic carbocycles. The fraction of sp³-hybridized carbons (Fsp3) is 0.462. The lowest BCUT2D eigenvalue weighted by molar-refractivity contribution is -0.129. The van der Waals surface area contributed by atoms with Crippen LogP contribution in [0.2, 0.25) is 0 Å². The molecule has 2 heterocycles. The van der Waals surface area contributed by atoms with Gasteiger partial charge in [0, 0.05) is 20.6 Å². The molecule has 1 aromatic rings. The number of carboxylic acid groups (broad SMARTS) is 1. The number of hydrogen-bond acceptors (Lipinski definition) is 4. The van der Waals surface area contributed by atoms with E-state index < -0.39 is 5.97 Å². The summed E-state index contributed by atoms with van der Waals surface area (Å²) in [7, 11) is 3.44. The van der Waals surface area contributed by atoms with Gasteiger partial charge in [0.15, 0.2) is 5.69 Å². The van der Waals surface area contributed by atoms with E-state index in [1.54, 1.807) is 31.1 Å². The minimum absolute atomic E-state index is 0.000419. The van der Waals surface area contributed by atoms with Crippen LogP contribution in [0.15, 0.2) is 18.2 Å². The molecule has 19 heavy (non-hydrogen) atoms. The number of likely N-dealkylation sites (N-methyl/N-ethyl adjacent to an activating group) is 1. The minimum Gasteiger partial charge on any atom is -0.477 e. The number of nitrogens with zero attached hydrogens (tertiary/aromatic N) is 3. The zero-order valence-corrected chi connectivity index (χ0v) is 11.0. The Labute approximate surface area is 111 Å². The highest BCUT2D eigenvalue weighted by molar-refractivity contribution is 5.87. The topological polar surface area (TPSA) is 73.7 Å². The van der Waals surface area contributed by atoms with Gasteiger partial charge in [-0.3, -0.25) is 4.79 Å². The molecule has 0 bridgehead atoms. The van der Waals surface area contributed by atoms with E-state index in [0.717, 1.165) is 19.4 Å². The molecule has 1 amide bonds. The van der Waals surface area contributed by atoms with E-state index in [1.165, 1.54) is 6.07 Å². The first-order valence-corrected chi connectivity index (χ1v) is 6.19. The average Bonchev–Trinajstić information content (AvgIpc) is 2.86. The Morgan fingerprint density at radius 1 is 1.42 bits per heavy atom. The molecule has 0 spiro atoms. The van der Waals surface area contributed by atoms with Crippen molar-refractivity contribution in [3.63, 3.8) is 0 Å². The molecule has 102 valence electrons. The molecule has 2 rings (SSSR count). The molecule has 6 nitrogen and oxygen atoms in total. The Bertz CT molecular complexity index is 502. The van der Waals surface area contributed by atoms with Crippen LogP contribution in [0.25, 0.3) is 0 Å². The van der Waals surface area contributed by atoms with Crippen molar-refractivity contribution in [2.45, 2.75) is 18.9 Å². The quantitative estimate of drug-likeness (QED) is 0.874. The Morgan fingerprint density at radius 3 is 2.79 bits per heavy atom. The normalized spacial score (nSPS) is 18.4. The van der Waals surface area contributed by atoms with Crippen molar-refractivity contribution < 1.29 is 14.7 Å². The summed E-state index contributed by atoms with van der Waals surface area (Å²) in [5.41, 5.74) is 0.000419. The number of aromatic carboxylic acids is 1. The third kappa shape index (κ3) is 2.67. The van der Waals surface area contributed by atoms with Crippen molar-refractivity contribution in [3.05, 3.63) is 23.9 Å². The van der Waals surface area contributed by atoms with E-state index in [-0.39, 0.29) is 17.6 Å². The Hall–Kier alpha value is -2.11. The lowest BCUT2D eigenvalue weighted by Gasteiger charge is -2.27. The summed E-state index contributed by atoms with van der Waals surface area (Å²) in [6, 6.07) is 4.60. The molecule has 1 aliphatic heterocycles. The molecular weight excluding hydrogens is 246 g/mol. The predicted octanol–water partition coefficient (Wildman–Crippen LogP) is 0.837. The molecule has 1 aliphatic rings. The number of carbonyl (C=O) groups excluding carboxylic acids is 1. The van der Waals surface area contributed by atoms with Gasteiger partial charge in [-0.2, -0.15) is 0 Å².